The van der Waals surface area contributed by atoms with Crippen molar-refractivity contribution in [2.24, 2.45) is 0 Å². The second-order valence-electron chi connectivity index (χ2n) is 3.77. The normalized spacial score (nSPS) is 10.8. The molecule has 20 heavy (non-hydrogen) atoms. The van der Waals surface area contributed by atoms with Gasteiger partial charge in [0.1, 0.15) is 5.69 Å². The fourth-order valence-corrected chi connectivity index (χ4v) is 1.79. The number of aromatic nitrogens is 2. The molecule has 0 aliphatic rings. The quantitative estimate of drug-likeness (QED) is 0.659. The zero-order chi connectivity index (χ0) is 14.7. The summed E-state index contributed by atoms with van der Waals surface area (Å²) in [7, 11) is 0. The molecule has 8 heteroatoms. The molecule has 2 rings (SSSR count). The maximum atomic E-state index is 11.2. The summed E-state index contributed by atoms with van der Waals surface area (Å²) in [4.78, 5) is 26.5. The molecule has 0 amide bonds. The molecule has 7 nitrogen and oxygen atoms in total. The van der Waals surface area contributed by atoms with Gasteiger partial charge in [-0.25, -0.2) is 4.79 Å². The van der Waals surface area contributed by atoms with Crippen molar-refractivity contribution in [3.8, 4) is 5.88 Å². The van der Waals surface area contributed by atoms with Gasteiger partial charge in [0.05, 0.1) is 4.92 Å². The van der Waals surface area contributed by atoms with Crippen LogP contribution in [0.15, 0.2) is 33.5 Å². The summed E-state index contributed by atoms with van der Waals surface area (Å²) >= 11 is 3.29. The van der Waals surface area contributed by atoms with Crippen molar-refractivity contribution in [2.75, 3.05) is 0 Å². The molecule has 0 bridgehead atoms. The van der Waals surface area contributed by atoms with Crippen LogP contribution in [0.2, 0.25) is 0 Å². The van der Waals surface area contributed by atoms with Gasteiger partial charge in [-0.1, -0.05) is 34.1 Å². The second-order valence-corrected chi connectivity index (χ2v) is 4.69. The van der Waals surface area contributed by atoms with Crippen molar-refractivity contribution >= 4 is 33.8 Å². The molecule has 0 fully saturated rings. The van der Waals surface area contributed by atoms with Crippen molar-refractivity contribution in [3.05, 3.63) is 60.6 Å². The molecule has 2 N–H and O–H groups in total. The van der Waals surface area contributed by atoms with E-state index in [2.05, 4.69) is 25.9 Å². The molecule has 0 saturated carbocycles. The van der Waals surface area contributed by atoms with Crippen LogP contribution in [0, 0.1) is 10.1 Å². The molecular weight excluding hydrogens is 330 g/mol. The molecule has 2 aromatic rings. The van der Waals surface area contributed by atoms with Gasteiger partial charge in [-0.3, -0.25) is 15.1 Å². The smallest absolute Gasteiger partial charge is 0.354 e. The van der Waals surface area contributed by atoms with Crippen LogP contribution < -0.4 is 5.69 Å². The summed E-state index contributed by atoms with van der Waals surface area (Å²) in [6.45, 7) is 0. The van der Waals surface area contributed by atoms with Gasteiger partial charge in [0.25, 0.3) is 5.88 Å². The maximum absolute atomic E-state index is 11.2. The van der Waals surface area contributed by atoms with Gasteiger partial charge >= 0.3 is 11.4 Å². The zero-order valence-electron chi connectivity index (χ0n) is 9.91. The van der Waals surface area contributed by atoms with Crippen molar-refractivity contribution in [1.82, 2.24) is 9.97 Å². The molecule has 102 valence electrons. The lowest BCUT2D eigenvalue weighted by atomic mass is 10.2. The summed E-state index contributed by atoms with van der Waals surface area (Å²) in [5.74, 6) is -0.908. The Hall–Kier alpha value is -2.48. The van der Waals surface area contributed by atoms with E-state index in [9.17, 15) is 20.0 Å². The SMILES string of the molecule is O=c1nc(O)c([N+](=O)[O-])c(/C=C/c2ccc(Br)cc2)[nH]1. The Kier molecular flexibility index (Phi) is 3.94. The van der Waals surface area contributed by atoms with E-state index in [0.717, 1.165) is 10.0 Å². The minimum absolute atomic E-state index is 0.115. The van der Waals surface area contributed by atoms with Gasteiger partial charge in [-0.15, -0.1) is 0 Å². The highest BCUT2D eigenvalue weighted by Crippen LogP contribution is 2.25. The highest BCUT2D eigenvalue weighted by Gasteiger charge is 2.21. The molecule has 0 spiro atoms. The Balaban J connectivity index is 2.45. The first-order chi connectivity index (χ1) is 9.47. The van der Waals surface area contributed by atoms with Crippen LogP contribution in [0.1, 0.15) is 11.3 Å². The summed E-state index contributed by atoms with van der Waals surface area (Å²) in [6, 6.07) is 7.18. The minimum atomic E-state index is -0.908. The number of nitro groups is 1. The first kappa shape index (κ1) is 13.9. The molecular formula is C12H8BrN3O4. The lowest BCUT2D eigenvalue weighted by Gasteiger charge is -1.99. The van der Waals surface area contributed by atoms with Crippen molar-refractivity contribution < 1.29 is 10.0 Å². The molecule has 1 aromatic heterocycles. The number of nitrogens with one attached hydrogen (secondary N) is 1. The van der Waals surface area contributed by atoms with Crippen LogP contribution in [0.3, 0.4) is 0 Å². The van der Waals surface area contributed by atoms with E-state index < -0.39 is 22.2 Å². The van der Waals surface area contributed by atoms with Crippen molar-refractivity contribution in [1.29, 1.82) is 0 Å². The number of nitrogens with zero attached hydrogens (tertiary/aromatic N) is 2. The Labute approximate surface area is 120 Å². The van der Waals surface area contributed by atoms with E-state index in [4.69, 9.17) is 0 Å². The number of halogens is 1. The molecule has 1 heterocycles. The zero-order valence-corrected chi connectivity index (χ0v) is 11.5. The van der Waals surface area contributed by atoms with Crippen LogP contribution in [-0.2, 0) is 0 Å². The first-order valence-electron chi connectivity index (χ1n) is 5.38. The molecule has 0 saturated heterocycles. The number of benzene rings is 1. The molecule has 0 radical (unpaired) electrons. The fourth-order valence-electron chi connectivity index (χ4n) is 1.53. The second kappa shape index (κ2) is 5.66. The molecule has 0 atom stereocenters. The summed E-state index contributed by atoms with van der Waals surface area (Å²) in [5, 5.41) is 20.2. The molecule has 0 aliphatic carbocycles. The lowest BCUT2D eigenvalue weighted by molar-refractivity contribution is -0.386. The standard InChI is InChI=1S/C12H8BrN3O4/c13-8-4-1-7(2-5-8)3-6-9-10(16(19)20)11(17)15-12(18)14-9/h1-6H,(H2,14,15,17,18)/b6-3+. The van der Waals surface area contributed by atoms with Crippen LogP contribution in [0.25, 0.3) is 12.2 Å². The number of hydrogen-bond donors (Lipinski definition) is 2. The van der Waals surface area contributed by atoms with Gasteiger partial charge in [0.2, 0.25) is 0 Å². The Bertz CT molecular complexity index is 737. The number of rotatable bonds is 3. The third kappa shape index (κ3) is 3.09. The summed E-state index contributed by atoms with van der Waals surface area (Å²) < 4.78 is 0.899. The molecule has 0 unspecified atom stereocenters. The van der Waals surface area contributed by atoms with Crippen molar-refractivity contribution in [3.63, 3.8) is 0 Å². The highest BCUT2D eigenvalue weighted by atomic mass is 79.9. The van der Waals surface area contributed by atoms with Gasteiger partial charge < -0.3 is 5.11 Å². The average molecular weight is 338 g/mol. The number of hydrogen-bond acceptors (Lipinski definition) is 5. The molecule has 0 aliphatic heterocycles. The lowest BCUT2D eigenvalue weighted by Crippen LogP contribution is -2.13. The number of aromatic amines is 1. The monoisotopic (exact) mass is 337 g/mol. The largest absolute Gasteiger partial charge is 0.488 e. The fraction of sp³-hybridized carbons (Fsp3) is 0. The van der Waals surface area contributed by atoms with E-state index >= 15 is 0 Å². The van der Waals surface area contributed by atoms with E-state index in [0.29, 0.717) is 0 Å². The average Bonchev–Trinajstić information content (AvgIpc) is 2.36. The minimum Gasteiger partial charge on any atom is -0.488 e. The summed E-state index contributed by atoms with van der Waals surface area (Å²) in [6.07, 6.45) is 2.91. The van der Waals surface area contributed by atoms with Gasteiger partial charge in [0, 0.05) is 4.47 Å². The van der Waals surface area contributed by atoms with Gasteiger partial charge in [0.15, 0.2) is 0 Å². The van der Waals surface area contributed by atoms with E-state index in [-0.39, 0.29) is 5.69 Å². The highest BCUT2D eigenvalue weighted by molar-refractivity contribution is 9.10. The van der Waals surface area contributed by atoms with Gasteiger partial charge in [-0.05, 0) is 23.8 Å². The van der Waals surface area contributed by atoms with Crippen LogP contribution in [0.4, 0.5) is 5.69 Å². The van der Waals surface area contributed by atoms with Gasteiger partial charge in [-0.2, -0.15) is 4.98 Å². The molecule has 1 aromatic carbocycles. The van der Waals surface area contributed by atoms with E-state index in [1.165, 1.54) is 6.08 Å². The Morgan fingerprint density at radius 2 is 1.95 bits per heavy atom. The predicted octanol–water partition coefficient (Wildman–Crippen LogP) is 2.32. The maximum Gasteiger partial charge on any atom is 0.354 e. The topological polar surface area (TPSA) is 109 Å². The van der Waals surface area contributed by atoms with E-state index in [1.807, 2.05) is 0 Å². The van der Waals surface area contributed by atoms with Crippen LogP contribution in [0.5, 0.6) is 5.88 Å². The number of H-pyrrole nitrogens is 1. The third-order valence-corrected chi connectivity index (χ3v) is 2.94. The predicted molar refractivity (Wildman–Crippen MR) is 76.2 cm³/mol. The third-order valence-electron chi connectivity index (χ3n) is 2.41. The number of aromatic hydroxyl groups is 1. The van der Waals surface area contributed by atoms with Crippen molar-refractivity contribution in [2.45, 2.75) is 0 Å². The van der Waals surface area contributed by atoms with Crippen LogP contribution >= 0.6 is 15.9 Å². The Morgan fingerprint density at radius 3 is 2.55 bits per heavy atom. The van der Waals surface area contributed by atoms with E-state index in [1.54, 1.807) is 30.3 Å². The Morgan fingerprint density at radius 1 is 1.30 bits per heavy atom. The van der Waals surface area contributed by atoms with Crippen LogP contribution in [-0.4, -0.2) is 20.0 Å². The summed E-state index contributed by atoms with van der Waals surface area (Å²) in [5.41, 5.74) is -0.836. The first-order valence-corrected chi connectivity index (χ1v) is 6.18.